The van der Waals surface area contributed by atoms with Gasteiger partial charge in [-0.2, -0.15) is 0 Å². The van der Waals surface area contributed by atoms with Crippen LogP contribution in [0.2, 0.25) is 0 Å². The van der Waals surface area contributed by atoms with Gasteiger partial charge in [-0.1, -0.05) is 13.8 Å². The van der Waals surface area contributed by atoms with Crippen LogP contribution in [0.4, 0.5) is 0 Å². The van der Waals surface area contributed by atoms with Crippen LogP contribution in [-0.2, 0) is 9.47 Å². The molecular formula is C14H32N2O3. The molecule has 0 aromatic heterocycles. The molecule has 3 atom stereocenters. The van der Waals surface area contributed by atoms with Gasteiger partial charge in [0.25, 0.3) is 0 Å². The summed E-state index contributed by atoms with van der Waals surface area (Å²) in [6.45, 7) is 8.71. The number of likely N-dealkylation sites (N-methyl/N-ethyl adjacent to an activating group) is 1. The zero-order valence-corrected chi connectivity index (χ0v) is 13.3. The summed E-state index contributed by atoms with van der Waals surface area (Å²) < 4.78 is 10.5. The zero-order chi connectivity index (χ0) is 14.8. The van der Waals surface area contributed by atoms with Crippen molar-refractivity contribution in [2.75, 3.05) is 47.5 Å². The fourth-order valence-electron chi connectivity index (χ4n) is 1.81. The quantitative estimate of drug-likeness (QED) is 0.578. The van der Waals surface area contributed by atoms with E-state index in [1.165, 1.54) is 0 Å². The average molecular weight is 276 g/mol. The number of hydrogen-bond donors (Lipinski definition) is 2. The zero-order valence-electron chi connectivity index (χ0n) is 13.3. The van der Waals surface area contributed by atoms with Gasteiger partial charge in [0.05, 0.1) is 25.4 Å². The number of ether oxygens (including phenoxy) is 2. The Balaban J connectivity index is 3.88. The highest BCUT2D eigenvalue weighted by atomic mass is 16.5. The van der Waals surface area contributed by atoms with Gasteiger partial charge in [0, 0.05) is 26.2 Å². The van der Waals surface area contributed by atoms with Crippen LogP contribution in [0.3, 0.4) is 0 Å². The molecule has 0 aromatic rings. The Morgan fingerprint density at radius 2 is 1.79 bits per heavy atom. The number of rotatable bonds is 11. The number of methoxy groups -OCH3 is 1. The summed E-state index contributed by atoms with van der Waals surface area (Å²) in [4.78, 5) is 2.15. The summed E-state index contributed by atoms with van der Waals surface area (Å²) in [6, 6.07) is 0.376. The third-order valence-corrected chi connectivity index (χ3v) is 2.96. The summed E-state index contributed by atoms with van der Waals surface area (Å²) in [7, 11) is 5.76. The Hall–Kier alpha value is -0.200. The average Bonchev–Trinajstić information content (AvgIpc) is 2.31. The molecule has 5 heteroatoms. The smallest absolute Gasteiger partial charge is 0.0897 e. The molecule has 0 heterocycles. The van der Waals surface area contributed by atoms with Crippen molar-refractivity contribution in [2.45, 2.75) is 39.0 Å². The van der Waals surface area contributed by atoms with Gasteiger partial charge in [-0.25, -0.2) is 0 Å². The second-order valence-corrected chi connectivity index (χ2v) is 5.77. The molecule has 19 heavy (non-hydrogen) atoms. The first-order chi connectivity index (χ1) is 8.86. The first-order valence-electron chi connectivity index (χ1n) is 7.03. The number of hydrogen-bond acceptors (Lipinski definition) is 5. The van der Waals surface area contributed by atoms with Crippen LogP contribution >= 0.6 is 0 Å². The Morgan fingerprint density at radius 1 is 1.16 bits per heavy atom. The van der Waals surface area contributed by atoms with Crippen LogP contribution in [0, 0.1) is 5.92 Å². The fourth-order valence-corrected chi connectivity index (χ4v) is 1.81. The van der Waals surface area contributed by atoms with Crippen LogP contribution in [0.25, 0.3) is 0 Å². The second-order valence-electron chi connectivity index (χ2n) is 5.77. The summed E-state index contributed by atoms with van der Waals surface area (Å²) in [5.41, 5.74) is 0. The molecule has 5 nitrogen and oxygen atoms in total. The van der Waals surface area contributed by atoms with E-state index in [9.17, 15) is 5.11 Å². The molecule has 0 saturated carbocycles. The standard InChI is InChI=1S/C14H32N2O3/c1-11(2)14(8-16(4)5)15-7-13(17)10-19-12(3)9-18-6/h11-15,17H,7-10H2,1-6H3. The minimum absolute atomic E-state index is 0.0160. The molecule has 0 aliphatic heterocycles. The third kappa shape index (κ3) is 10.3. The van der Waals surface area contributed by atoms with Crippen molar-refractivity contribution in [3.05, 3.63) is 0 Å². The van der Waals surface area contributed by atoms with Gasteiger partial charge >= 0.3 is 0 Å². The van der Waals surface area contributed by atoms with Gasteiger partial charge in [-0.15, -0.1) is 0 Å². The van der Waals surface area contributed by atoms with E-state index in [0.29, 0.717) is 31.7 Å². The predicted octanol–water partition coefficient (Wildman–Crippen LogP) is 0.575. The lowest BCUT2D eigenvalue weighted by molar-refractivity contribution is -0.0320. The van der Waals surface area contributed by atoms with E-state index in [2.05, 4.69) is 38.2 Å². The number of aliphatic hydroxyl groups excluding tert-OH is 1. The number of aliphatic hydroxyl groups is 1. The molecule has 0 aliphatic rings. The molecule has 0 spiro atoms. The highest BCUT2D eigenvalue weighted by Gasteiger charge is 2.16. The molecule has 116 valence electrons. The Labute approximate surface area is 118 Å². The maximum Gasteiger partial charge on any atom is 0.0897 e. The van der Waals surface area contributed by atoms with Crippen LogP contribution in [0.5, 0.6) is 0 Å². The van der Waals surface area contributed by atoms with E-state index < -0.39 is 6.10 Å². The molecule has 3 unspecified atom stereocenters. The Kier molecular flexibility index (Phi) is 10.5. The van der Waals surface area contributed by atoms with Gasteiger partial charge in [0.2, 0.25) is 0 Å². The monoisotopic (exact) mass is 276 g/mol. The number of nitrogens with one attached hydrogen (secondary N) is 1. The van der Waals surface area contributed by atoms with E-state index in [-0.39, 0.29) is 6.10 Å². The van der Waals surface area contributed by atoms with E-state index in [1.807, 2.05) is 6.92 Å². The summed E-state index contributed by atoms with van der Waals surface area (Å²) >= 11 is 0. The highest BCUT2D eigenvalue weighted by molar-refractivity contribution is 4.74. The van der Waals surface area contributed by atoms with Crippen molar-refractivity contribution in [3.8, 4) is 0 Å². The summed E-state index contributed by atoms with van der Waals surface area (Å²) in [5, 5.41) is 13.3. The molecule has 0 aliphatic carbocycles. The summed E-state index contributed by atoms with van der Waals surface area (Å²) in [6.07, 6.45) is -0.468. The predicted molar refractivity (Wildman–Crippen MR) is 78.5 cm³/mol. The lowest BCUT2D eigenvalue weighted by Crippen LogP contribution is -2.45. The molecule has 0 rings (SSSR count). The van der Waals surface area contributed by atoms with Crippen LogP contribution in [-0.4, -0.2) is 75.8 Å². The lowest BCUT2D eigenvalue weighted by Gasteiger charge is -2.27. The lowest BCUT2D eigenvalue weighted by atomic mass is 10.0. The highest BCUT2D eigenvalue weighted by Crippen LogP contribution is 2.03. The largest absolute Gasteiger partial charge is 0.389 e. The van der Waals surface area contributed by atoms with Crippen molar-refractivity contribution in [3.63, 3.8) is 0 Å². The van der Waals surface area contributed by atoms with Gasteiger partial charge in [-0.3, -0.25) is 0 Å². The second kappa shape index (κ2) is 10.6. The van der Waals surface area contributed by atoms with E-state index >= 15 is 0 Å². The fraction of sp³-hybridized carbons (Fsp3) is 1.00. The van der Waals surface area contributed by atoms with E-state index in [0.717, 1.165) is 6.54 Å². The molecule has 0 radical (unpaired) electrons. The molecule has 0 fully saturated rings. The SMILES string of the molecule is COCC(C)OCC(O)CNC(CN(C)C)C(C)C. The van der Waals surface area contributed by atoms with Gasteiger partial charge < -0.3 is 24.8 Å². The molecule has 0 saturated heterocycles. The van der Waals surface area contributed by atoms with Crippen LogP contribution in [0.1, 0.15) is 20.8 Å². The molecule has 0 aromatic carbocycles. The van der Waals surface area contributed by atoms with Crippen molar-refractivity contribution >= 4 is 0 Å². The first-order valence-corrected chi connectivity index (χ1v) is 7.03. The van der Waals surface area contributed by atoms with Crippen molar-refractivity contribution in [2.24, 2.45) is 5.92 Å². The van der Waals surface area contributed by atoms with Crippen LogP contribution < -0.4 is 5.32 Å². The van der Waals surface area contributed by atoms with Gasteiger partial charge in [0.1, 0.15) is 0 Å². The minimum atomic E-state index is -0.484. The molecule has 0 amide bonds. The Bertz CT molecular complexity index is 213. The van der Waals surface area contributed by atoms with Crippen LogP contribution in [0.15, 0.2) is 0 Å². The normalized spacial score (nSPS) is 16.9. The first kappa shape index (κ1) is 18.8. The Morgan fingerprint density at radius 3 is 2.26 bits per heavy atom. The molecule has 2 N–H and O–H groups in total. The topological polar surface area (TPSA) is 54.0 Å². The van der Waals surface area contributed by atoms with Crippen molar-refractivity contribution in [1.82, 2.24) is 10.2 Å². The molecular weight excluding hydrogens is 244 g/mol. The minimum Gasteiger partial charge on any atom is -0.389 e. The summed E-state index contributed by atoms with van der Waals surface area (Å²) in [5.74, 6) is 0.530. The molecule has 0 bridgehead atoms. The third-order valence-electron chi connectivity index (χ3n) is 2.96. The van der Waals surface area contributed by atoms with E-state index in [4.69, 9.17) is 9.47 Å². The van der Waals surface area contributed by atoms with Gasteiger partial charge in [0.15, 0.2) is 0 Å². The van der Waals surface area contributed by atoms with Crippen molar-refractivity contribution < 1.29 is 14.6 Å². The number of nitrogens with zero attached hydrogens (tertiary/aromatic N) is 1. The van der Waals surface area contributed by atoms with Gasteiger partial charge in [-0.05, 0) is 26.9 Å². The maximum atomic E-state index is 9.89. The van der Waals surface area contributed by atoms with E-state index in [1.54, 1.807) is 7.11 Å². The maximum absolute atomic E-state index is 9.89. The van der Waals surface area contributed by atoms with Crippen molar-refractivity contribution in [1.29, 1.82) is 0 Å².